The van der Waals surface area contributed by atoms with Crippen LogP contribution in [0.4, 0.5) is 5.69 Å². The van der Waals surface area contributed by atoms with E-state index in [1.165, 1.54) is 6.92 Å². The predicted octanol–water partition coefficient (Wildman–Crippen LogP) is 2.74. The molecular formula is C11H9BrN2O2. The number of amides is 1. The third-order valence-corrected chi connectivity index (χ3v) is 2.28. The molecule has 0 spiro atoms. The van der Waals surface area contributed by atoms with E-state index in [-0.39, 0.29) is 11.3 Å². The molecule has 0 radical (unpaired) electrons. The van der Waals surface area contributed by atoms with Crippen molar-refractivity contribution in [1.29, 1.82) is 5.26 Å². The van der Waals surface area contributed by atoms with Gasteiger partial charge in [0.05, 0.1) is 0 Å². The number of hydrogen-bond acceptors (Lipinski definition) is 3. The fourth-order valence-electron chi connectivity index (χ4n) is 1.06. The molecule has 0 aliphatic carbocycles. The van der Waals surface area contributed by atoms with Crippen molar-refractivity contribution in [2.45, 2.75) is 6.92 Å². The van der Waals surface area contributed by atoms with Crippen molar-refractivity contribution in [1.82, 2.24) is 0 Å². The zero-order chi connectivity index (χ0) is 12.1. The lowest BCUT2D eigenvalue weighted by atomic mass is 10.2. The smallest absolute Gasteiger partial charge is 0.269 e. The molecule has 0 aliphatic heterocycles. The highest BCUT2D eigenvalue weighted by Gasteiger charge is 2.12. The topological polar surface area (TPSA) is 73.1 Å². The molecule has 16 heavy (non-hydrogen) atoms. The number of allylic oxidation sites excluding steroid dienone is 1. The molecule has 0 heterocycles. The quantitative estimate of drug-likeness (QED) is 0.497. The first kappa shape index (κ1) is 12.3. The van der Waals surface area contributed by atoms with E-state index in [9.17, 15) is 4.79 Å². The van der Waals surface area contributed by atoms with Crippen molar-refractivity contribution < 1.29 is 9.90 Å². The number of carbonyl (C=O) groups excluding carboxylic acids is 1. The molecular weight excluding hydrogens is 272 g/mol. The molecule has 1 amide bonds. The Balaban J connectivity index is 2.88. The molecule has 0 fully saturated rings. The number of anilines is 1. The van der Waals surface area contributed by atoms with Gasteiger partial charge < -0.3 is 10.4 Å². The second kappa shape index (κ2) is 5.33. The summed E-state index contributed by atoms with van der Waals surface area (Å²) in [5, 5.41) is 20.3. The van der Waals surface area contributed by atoms with Gasteiger partial charge in [-0.2, -0.15) is 5.26 Å². The first-order valence-corrected chi connectivity index (χ1v) is 5.20. The van der Waals surface area contributed by atoms with Crippen molar-refractivity contribution in [2.24, 2.45) is 0 Å². The maximum Gasteiger partial charge on any atom is 0.269 e. The molecule has 0 aromatic heterocycles. The van der Waals surface area contributed by atoms with Gasteiger partial charge in [0.25, 0.3) is 5.91 Å². The minimum Gasteiger partial charge on any atom is -0.511 e. The first-order valence-electron chi connectivity index (χ1n) is 4.41. The highest BCUT2D eigenvalue weighted by molar-refractivity contribution is 9.10. The maximum atomic E-state index is 11.5. The summed E-state index contributed by atoms with van der Waals surface area (Å²) in [7, 11) is 0. The van der Waals surface area contributed by atoms with Crippen LogP contribution in [0.1, 0.15) is 6.92 Å². The molecule has 1 aromatic rings. The molecule has 1 aromatic carbocycles. The molecule has 0 saturated heterocycles. The van der Waals surface area contributed by atoms with Gasteiger partial charge in [0.1, 0.15) is 11.8 Å². The van der Waals surface area contributed by atoms with Gasteiger partial charge in [-0.05, 0) is 25.1 Å². The third kappa shape index (κ3) is 3.11. The van der Waals surface area contributed by atoms with Crippen LogP contribution >= 0.6 is 15.9 Å². The van der Waals surface area contributed by atoms with E-state index in [1.807, 2.05) is 6.07 Å². The Labute approximate surface area is 101 Å². The summed E-state index contributed by atoms with van der Waals surface area (Å²) in [6, 6.07) is 8.59. The number of nitrogens with zero attached hydrogens (tertiary/aromatic N) is 1. The number of carbonyl (C=O) groups is 1. The van der Waals surface area contributed by atoms with E-state index < -0.39 is 5.91 Å². The Kier molecular flexibility index (Phi) is 4.09. The van der Waals surface area contributed by atoms with Gasteiger partial charge in [-0.3, -0.25) is 4.79 Å². The average Bonchev–Trinajstić information content (AvgIpc) is 2.17. The van der Waals surface area contributed by atoms with E-state index in [0.29, 0.717) is 5.69 Å². The largest absolute Gasteiger partial charge is 0.511 e. The molecule has 0 unspecified atom stereocenters. The van der Waals surface area contributed by atoms with Gasteiger partial charge in [-0.1, -0.05) is 22.0 Å². The summed E-state index contributed by atoms with van der Waals surface area (Å²) in [4.78, 5) is 11.5. The van der Waals surface area contributed by atoms with Gasteiger partial charge in [-0.25, -0.2) is 0 Å². The van der Waals surface area contributed by atoms with Crippen molar-refractivity contribution in [3.63, 3.8) is 0 Å². The van der Waals surface area contributed by atoms with E-state index in [0.717, 1.165) is 4.47 Å². The lowest BCUT2D eigenvalue weighted by Gasteiger charge is -2.04. The number of halogens is 1. The van der Waals surface area contributed by atoms with E-state index in [1.54, 1.807) is 24.3 Å². The molecule has 4 nitrogen and oxygen atoms in total. The van der Waals surface area contributed by atoms with Crippen LogP contribution in [-0.2, 0) is 4.79 Å². The van der Waals surface area contributed by atoms with Crippen LogP contribution in [0.5, 0.6) is 0 Å². The second-order valence-corrected chi connectivity index (χ2v) is 3.95. The Bertz CT molecular complexity index is 485. The normalized spacial score (nSPS) is 11.3. The van der Waals surface area contributed by atoms with Crippen LogP contribution in [0.2, 0.25) is 0 Å². The number of hydrogen-bond donors (Lipinski definition) is 2. The van der Waals surface area contributed by atoms with Crippen LogP contribution in [0.3, 0.4) is 0 Å². The van der Waals surface area contributed by atoms with Crippen LogP contribution in [0, 0.1) is 11.3 Å². The van der Waals surface area contributed by atoms with E-state index in [2.05, 4.69) is 21.2 Å². The molecule has 0 bridgehead atoms. The first-order chi connectivity index (χ1) is 7.54. The highest BCUT2D eigenvalue weighted by atomic mass is 79.9. The highest BCUT2D eigenvalue weighted by Crippen LogP contribution is 2.16. The zero-order valence-corrected chi connectivity index (χ0v) is 10.1. The van der Waals surface area contributed by atoms with Crippen molar-refractivity contribution >= 4 is 27.5 Å². The van der Waals surface area contributed by atoms with E-state index in [4.69, 9.17) is 10.4 Å². The van der Waals surface area contributed by atoms with Crippen molar-refractivity contribution in [3.8, 4) is 6.07 Å². The molecule has 82 valence electrons. The standard InChI is InChI=1S/C11H9BrN2O2/c1-7(15)10(6-13)11(16)14-9-4-2-3-8(12)5-9/h2-5,15H,1H3,(H,14,16)/b10-7-. The fourth-order valence-corrected chi connectivity index (χ4v) is 1.46. The van der Waals surface area contributed by atoms with Gasteiger partial charge in [0, 0.05) is 10.2 Å². The Morgan fingerprint density at radius 1 is 1.56 bits per heavy atom. The monoisotopic (exact) mass is 280 g/mol. The van der Waals surface area contributed by atoms with Crippen molar-refractivity contribution in [3.05, 3.63) is 40.1 Å². The zero-order valence-electron chi connectivity index (χ0n) is 8.49. The minimum atomic E-state index is -0.624. The number of aliphatic hydroxyl groups excluding tert-OH is 1. The SMILES string of the molecule is C/C(O)=C(\C#N)C(=O)Nc1cccc(Br)c1. The summed E-state index contributed by atoms with van der Waals surface area (Å²) in [6.45, 7) is 1.29. The van der Waals surface area contributed by atoms with Crippen LogP contribution in [0.25, 0.3) is 0 Å². The van der Waals surface area contributed by atoms with Gasteiger partial charge in [0.2, 0.25) is 0 Å². The molecule has 0 aliphatic rings. The summed E-state index contributed by atoms with van der Waals surface area (Å²) in [5.74, 6) is -0.921. The number of nitrogens with one attached hydrogen (secondary N) is 1. The number of benzene rings is 1. The number of rotatable bonds is 2. The summed E-state index contributed by atoms with van der Waals surface area (Å²) >= 11 is 3.26. The van der Waals surface area contributed by atoms with Gasteiger partial charge in [0.15, 0.2) is 5.57 Å². The van der Waals surface area contributed by atoms with Crippen LogP contribution in [0.15, 0.2) is 40.1 Å². The lowest BCUT2D eigenvalue weighted by molar-refractivity contribution is -0.112. The predicted molar refractivity (Wildman–Crippen MR) is 63.7 cm³/mol. The summed E-state index contributed by atoms with van der Waals surface area (Å²) < 4.78 is 0.813. The minimum absolute atomic E-state index is 0.292. The van der Waals surface area contributed by atoms with E-state index >= 15 is 0 Å². The maximum absolute atomic E-state index is 11.5. The second-order valence-electron chi connectivity index (χ2n) is 3.04. The molecule has 1 rings (SSSR count). The lowest BCUT2D eigenvalue weighted by Crippen LogP contribution is -2.14. The molecule has 0 saturated carbocycles. The van der Waals surface area contributed by atoms with Gasteiger partial charge >= 0.3 is 0 Å². The van der Waals surface area contributed by atoms with Gasteiger partial charge in [-0.15, -0.1) is 0 Å². The van der Waals surface area contributed by atoms with Crippen molar-refractivity contribution in [2.75, 3.05) is 5.32 Å². The van der Waals surface area contributed by atoms with Crippen LogP contribution < -0.4 is 5.32 Å². The Morgan fingerprint density at radius 2 is 2.25 bits per heavy atom. The molecule has 0 atom stereocenters. The Morgan fingerprint density at radius 3 is 2.75 bits per heavy atom. The summed E-state index contributed by atoms with van der Waals surface area (Å²) in [5.41, 5.74) is 0.258. The molecule has 2 N–H and O–H groups in total. The third-order valence-electron chi connectivity index (χ3n) is 1.78. The van der Waals surface area contributed by atoms with Crippen LogP contribution in [-0.4, -0.2) is 11.0 Å². The number of nitriles is 1. The molecule has 5 heteroatoms. The fraction of sp³-hybridized carbons (Fsp3) is 0.0909. The Hall–Kier alpha value is -1.80. The average molecular weight is 281 g/mol. The number of aliphatic hydroxyl groups is 1. The summed E-state index contributed by atoms with van der Waals surface area (Å²) in [6.07, 6.45) is 0.